The summed E-state index contributed by atoms with van der Waals surface area (Å²) in [7, 11) is 0. The Hall–Kier alpha value is -3.48. The van der Waals surface area contributed by atoms with Crippen molar-refractivity contribution in [1.29, 1.82) is 0 Å². The average molecular weight is 407 g/mol. The summed E-state index contributed by atoms with van der Waals surface area (Å²) < 4.78 is 14.6. The number of carbonyl (C=O) groups is 1. The summed E-state index contributed by atoms with van der Waals surface area (Å²) in [4.78, 5) is 30.1. The number of nitrogens with zero attached hydrogens (tertiary/aromatic N) is 2. The molecule has 1 aliphatic carbocycles. The molecule has 1 aliphatic rings. The van der Waals surface area contributed by atoms with Crippen LogP contribution in [0.25, 0.3) is 11.4 Å². The number of hydrogen-bond acceptors (Lipinski definition) is 4. The average Bonchev–Trinajstić information content (AvgIpc) is 3.51. The number of nitrogens with one attached hydrogen (secondary N) is 1. The van der Waals surface area contributed by atoms with E-state index < -0.39 is 22.8 Å². The smallest absolute Gasteiger partial charge is 0.296 e. The Kier molecular flexibility index (Phi) is 4.89. The molecule has 2 aromatic carbocycles. The third-order valence-electron chi connectivity index (χ3n) is 5.49. The van der Waals surface area contributed by atoms with Crippen LogP contribution < -0.4 is 10.9 Å². The van der Waals surface area contributed by atoms with Gasteiger partial charge in [-0.3, -0.25) is 14.2 Å². The summed E-state index contributed by atoms with van der Waals surface area (Å²) in [5.41, 5.74) is 0.887. The molecule has 1 heterocycles. The molecular weight excluding hydrogens is 385 g/mol. The Morgan fingerprint density at radius 3 is 2.37 bits per heavy atom. The van der Waals surface area contributed by atoms with E-state index >= 15 is 0 Å². The number of carbonyl (C=O) groups excluding carboxylic acids is 1. The van der Waals surface area contributed by atoms with Crippen molar-refractivity contribution in [2.24, 2.45) is 0 Å². The van der Waals surface area contributed by atoms with Crippen molar-refractivity contribution >= 4 is 5.91 Å². The first kappa shape index (κ1) is 19.8. The van der Waals surface area contributed by atoms with Crippen LogP contribution in [-0.2, 0) is 12.1 Å². The lowest BCUT2D eigenvalue weighted by Gasteiger charge is -2.19. The van der Waals surface area contributed by atoms with Gasteiger partial charge < -0.3 is 10.4 Å². The molecular formula is C23H22FN3O3. The minimum absolute atomic E-state index is 0.296. The maximum atomic E-state index is 13.3. The van der Waals surface area contributed by atoms with Gasteiger partial charge in [-0.15, -0.1) is 0 Å². The van der Waals surface area contributed by atoms with Gasteiger partial charge in [-0.1, -0.05) is 42.0 Å². The molecule has 0 saturated heterocycles. The van der Waals surface area contributed by atoms with Crippen LogP contribution in [-0.4, -0.2) is 20.6 Å². The van der Waals surface area contributed by atoms with E-state index in [2.05, 4.69) is 10.3 Å². The molecule has 0 atom stereocenters. The topological polar surface area (TPSA) is 84.2 Å². The van der Waals surface area contributed by atoms with Crippen molar-refractivity contribution in [3.8, 4) is 17.1 Å². The van der Waals surface area contributed by atoms with Crippen molar-refractivity contribution in [3.05, 3.63) is 81.5 Å². The molecule has 154 valence electrons. The van der Waals surface area contributed by atoms with Crippen LogP contribution in [0.4, 0.5) is 4.39 Å². The number of aromatic nitrogens is 2. The molecule has 3 aromatic rings. The van der Waals surface area contributed by atoms with Gasteiger partial charge in [0.05, 0.1) is 5.54 Å². The van der Waals surface area contributed by atoms with Gasteiger partial charge >= 0.3 is 0 Å². The second-order valence-corrected chi connectivity index (χ2v) is 7.59. The number of halogens is 1. The molecule has 2 N–H and O–H groups in total. The summed E-state index contributed by atoms with van der Waals surface area (Å²) in [6.07, 6.45) is 1.37. The van der Waals surface area contributed by atoms with Gasteiger partial charge in [0.1, 0.15) is 11.6 Å². The first-order valence-corrected chi connectivity index (χ1v) is 9.84. The Balaban J connectivity index is 1.73. The number of hydrogen-bond donors (Lipinski definition) is 2. The van der Waals surface area contributed by atoms with Crippen LogP contribution >= 0.6 is 0 Å². The van der Waals surface area contributed by atoms with E-state index in [4.69, 9.17) is 0 Å². The molecule has 0 unspecified atom stereocenters. The summed E-state index contributed by atoms with van der Waals surface area (Å²) in [6.45, 7) is 4.02. The van der Waals surface area contributed by atoms with Crippen molar-refractivity contribution in [3.63, 3.8) is 0 Å². The van der Waals surface area contributed by atoms with E-state index in [-0.39, 0.29) is 11.5 Å². The molecule has 0 spiro atoms. The van der Waals surface area contributed by atoms with Gasteiger partial charge in [0.15, 0.2) is 5.69 Å². The second kappa shape index (κ2) is 7.40. The minimum Gasteiger partial charge on any atom is -0.501 e. The predicted octanol–water partition coefficient (Wildman–Crippen LogP) is 3.50. The Morgan fingerprint density at radius 2 is 1.80 bits per heavy atom. The van der Waals surface area contributed by atoms with Crippen LogP contribution in [0.5, 0.6) is 5.75 Å². The molecule has 0 radical (unpaired) electrons. The van der Waals surface area contributed by atoms with Gasteiger partial charge in [-0.2, -0.15) is 0 Å². The first-order valence-electron chi connectivity index (χ1n) is 9.84. The predicted molar refractivity (Wildman–Crippen MR) is 111 cm³/mol. The summed E-state index contributed by atoms with van der Waals surface area (Å²) in [5.74, 6) is -1.36. The highest BCUT2D eigenvalue weighted by molar-refractivity contribution is 5.96. The third kappa shape index (κ3) is 3.47. The maximum Gasteiger partial charge on any atom is 0.296 e. The number of benzene rings is 2. The molecule has 4 rings (SSSR count). The molecule has 1 amide bonds. The zero-order valence-corrected chi connectivity index (χ0v) is 16.8. The molecule has 30 heavy (non-hydrogen) atoms. The van der Waals surface area contributed by atoms with E-state index in [1.807, 2.05) is 31.2 Å². The maximum absolute atomic E-state index is 13.3. The van der Waals surface area contributed by atoms with Crippen LogP contribution in [0.15, 0.2) is 53.3 Å². The van der Waals surface area contributed by atoms with Crippen molar-refractivity contribution < 1.29 is 14.3 Å². The fourth-order valence-electron chi connectivity index (χ4n) is 3.58. The van der Waals surface area contributed by atoms with Crippen molar-refractivity contribution in [2.75, 3.05) is 0 Å². The van der Waals surface area contributed by atoms with Gasteiger partial charge in [-0.05, 0) is 44.4 Å². The SMILES string of the molecule is CCn1c(-c2ccc(C)cc2)nc(C(=O)NC2(c3ccc(F)cc3)CC2)c(O)c1=O. The highest BCUT2D eigenvalue weighted by atomic mass is 19.1. The van der Waals surface area contributed by atoms with E-state index in [1.54, 1.807) is 19.1 Å². The Bertz CT molecular complexity index is 1160. The lowest BCUT2D eigenvalue weighted by atomic mass is 10.0. The van der Waals surface area contributed by atoms with Crippen LogP contribution in [0.3, 0.4) is 0 Å². The Labute approximate surface area is 173 Å². The first-order chi connectivity index (χ1) is 14.3. The van der Waals surface area contributed by atoms with Crippen LogP contribution in [0, 0.1) is 12.7 Å². The van der Waals surface area contributed by atoms with E-state index in [9.17, 15) is 19.1 Å². The highest BCUT2D eigenvalue weighted by Gasteiger charge is 2.46. The zero-order valence-electron chi connectivity index (χ0n) is 16.8. The molecule has 0 aliphatic heterocycles. The van der Waals surface area contributed by atoms with Gasteiger partial charge in [0.2, 0.25) is 5.75 Å². The third-order valence-corrected chi connectivity index (χ3v) is 5.49. The number of amides is 1. The fourth-order valence-corrected chi connectivity index (χ4v) is 3.58. The van der Waals surface area contributed by atoms with Gasteiger partial charge in [-0.25, -0.2) is 9.37 Å². The lowest BCUT2D eigenvalue weighted by molar-refractivity contribution is 0.0922. The molecule has 7 heteroatoms. The standard InChI is InChI=1S/C23H22FN3O3/c1-3-27-20(15-6-4-14(2)5-7-15)25-18(19(28)22(27)30)21(29)26-23(12-13-23)16-8-10-17(24)11-9-16/h4-11,28H,3,12-13H2,1-2H3,(H,26,29). The molecule has 0 bridgehead atoms. The summed E-state index contributed by atoms with van der Waals surface area (Å²) >= 11 is 0. The number of aromatic hydroxyl groups is 1. The molecule has 1 aromatic heterocycles. The fraction of sp³-hybridized carbons (Fsp3) is 0.261. The van der Waals surface area contributed by atoms with Crippen molar-refractivity contribution in [2.45, 2.75) is 38.8 Å². The van der Waals surface area contributed by atoms with E-state index in [1.165, 1.54) is 16.7 Å². The lowest BCUT2D eigenvalue weighted by Crippen LogP contribution is -2.37. The Morgan fingerprint density at radius 1 is 1.17 bits per heavy atom. The minimum atomic E-state index is -0.680. The van der Waals surface area contributed by atoms with Crippen LogP contribution in [0.2, 0.25) is 0 Å². The quantitative estimate of drug-likeness (QED) is 0.678. The largest absolute Gasteiger partial charge is 0.501 e. The molecule has 6 nitrogen and oxygen atoms in total. The monoisotopic (exact) mass is 407 g/mol. The zero-order chi connectivity index (χ0) is 21.5. The van der Waals surface area contributed by atoms with Gasteiger partial charge in [0, 0.05) is 12.1 Å². The normalized spacial score (nSPS) is 14.4. The number of aryl methyl sites for hydroxylation is 1. The van der Waals surface area contributed by atoms with Gasteiger partial charge in [0.25, 0.3) is 11.5 Å². The van der Waals surface area contributed by atoms with Crippen LogP contribution in [0.1, 0.15) is 41.4 Å². The summed E-state index contributed by atoms with van der Waals surface area (Å²) in [5, 5.41) is 13.3. The number of rotatable bonds is 5. The highest BCUT2D eigenvalue weighted by Crippen LogP contribution is 2.45. The second-order valence-electron chi connectivity index (χ2n) is 7.59. The van der Waals surface area contributed by atoms with Crippen molar-refractivity contribution in [1.82, 2.24) is 14.9 Å². The molecule has 1 saturated carbocycles. The molecule has 1 fully saturated rings. The summed E-state index contributed by atoms with van der Waals surface area (Å²) in [6, 6.07) is 13.4. The van der Waals surface area contributed by atoms with E-state index in [0.29, 0.717) is 30.8 Å². The van der Waals surface area contributed by atoms with E-state index in [0.717, 1.165) is 11.1 Å².